The summed E-state index contributed by atoms with van der Waals surface area (Å²) in [5, 5.41) is 0.739. The number of benzene rings is 2. The highest BCUT2D eigenvalue weighted by Gasteiger charge is 2.31. The van der Waals surface area contributed by atoms with Crippen LogP contribution in [0.2, 0.25) is 5.02 Å². The normalized spacial score (nSPS) is 11.8. The number of carbonyl (C=O) groups excluding carboxylic acids is 1. The number of Topliss-reactive ketones (excluding diaryl/α,β-unsaturated/α-hetero) is 1. The fourth-order valence-electron chi connectivity index (χ4n) is 2.79. The monoisotopic (exact) mass is 525 g/mol. The lowest BCUT2D eigenvalue weighted by atomic mass is 10.0. The first-order valence-corrected chi connectivity index (χ1v) is 11.3. The van der Waals surface area contributed by atoms with E-state index in [1.165, 1.54) is 22.3 Å². The van der Waals surface area contributed by atoms with E-state index >= 15 is 0 Å². The van der Waals surface area contributed by atoms with E-state index in [2.05, 4.69) is 0 Å². The molecule has 0 N–H and O–H groups in total. The van der Waals surface area contributed by atoms with Gasteiger partial charge in [-0.15, -0.1) is 0 Å². The van der Waals surface area contributed by atoms with E-state index in [9.17, 15) is 18.0 Å². The molecule has 3 rings (SSSR count). The van der Waals surface area contributed by atoms with E-state index in [4.69, 9.17) is 16.3 Å². The number of alkyl halides is 3. The van der Waals surface area contributed by atoms with Crippen LogP contribution in [0, 0.1) is 0 Å². The second-order valence-corrected chi connectivity index (χ2v) is 7.87. The first-order chi connectivity index (χ1) is 12.7. The molecule has 3 nitrogen and oxygen atoms in total. The van der Waals surface area contributed by atoms with Crippen LogP contribution in [0.1, 0.15) is 21.5 Å². The number of hydrogen-bond donors (Lipinski definition) is 0. The van der Waals surface area contributed by atoms with Crippen LogP contribution in [0.3, 0.4) is 0 Å². The topological polar surface area (TPSA) is 31.2 Å². The lowest BCUT2D eigenvalue weighted by molar-refractivity contribution is -0.137. The third-order valence-electron chi connectivity index (χ3n) is 4.07. The van der Waals surface area contributed by atoms with E-state index in [1.807, 2.05) is 21.2 Å². The number of methoxy groups -OCH3 is 1. The molecule has 0 amide bonds. The number of carbonyl (C=O) groups is 1. The smallest absolute Gasteiger partial charge is 0.416 e. The van der Waals surface area contributed by atoms with Crippen LogP contribution in [-0.4, -0.2) is 16.9 Å². The van der Waals surface area contributed by atoms with Crippen molar-refractivity contribution in [2.24, 2.45) is 0 Å². The van der Waals surface area contributed by atoms with Crippen molar-refractivity contribution in [3.63, 3.8) is 0 Å². The summed E-state index contributed by atoms with van der Waals surface area (Å²) in [7, 11) is 2.74. The molecule has 0 saturated heterocycles. The van der Waals surface area contributed by atoms with Crippen molar-refractivity contribution in [1.29, 1.82) is 0 Å². The van der Waals surface area contributed by atoms with Gasteiger partial charge in [-0.25, -0.2) is 0 Å². The highest BCUT2D eigenvalue weighted by Crippen LogP contribution is 2.36. The highest BCUT2D eigenvalue weighted by molar-refractivity contribution is 14.2. The molecule has 0 aliphatic rings. The molecule has 0 atom stereocenters. The van der Waals surface area contributed by atoms with Crippen LogP contribution < -0.4 is 4.74 Å². The highest BCUT2D eigenvalue weighted by atomic mass is 127. The van der Waals surface area contributed by atoms with E-state index < -0.39 is 11.7 Å². The molecule has 2 aromatic carbocycles. The maximum Gasteiger partial charge on any atom is 0.416 e. The number of rotatable bonds is 5. The Hall–Kier alpha value is -1.39. The molecule has 3 aromatic rings. The van der Waals surface area contributed by atoms with Crippen molar-refractivity contribution < 1.29 is 22.7 Å². The van der Waals surface area contributed by atoms with E-state index in [-0.39, 0.29) is 23.2 Å². The van der Waals surface area contributed by atoms with Gasteiger partial charge in [-0.3, -0.25) is 8.77 Å². The van der Waals surface area contributed by atoms with Gasteiger partial charge >= 0.3 is 6.18 Å². The van der Waals surface area contributed by atoms with Gasteiger partial charge in [0.15, 0.2) is 5.78 Å². The largest absolute Gasteiger partial charge is 0.496 e. The number of halogens is 5. The van der Waals surface area contributed by atoms with Crippen LogP contribution in [0.5, 0.6) is 5.75 Å². The second kappa shape index (κ2) is 7.92. The summed E-state index contributed by atoms with van der Waals surface area (Å²) >= 11 is 7.94. The molecule has 0 aliphatic carbocycles. The molecule has 0 radical (unpaired) electrons. The number of fused-ring (bicyclic) bond motifs is 1. The first kappa shape index (κ1) is 20.3. The Morgan fingerprint density at radius 1 is 1.26 bits per heavy atom. The van der Waals surface area contributed by atoms with E-state index in [0.717, 1.165) is 12.1 Å². The molecule has 0 aliphatic heterocycles. The Kier molecular flexibility index (Phi) is 5.97. The number of ketones is 1. The number of nitrogens with zero attached hydrogens (tertiary/aromatic N) is 1. The lowest BCUT2D eigenvalue weighted by Crippen LogP contribution is -2.06. The number of aromatic nitrogens is 1. The third kappa shape index (κ3) is 4.22. The molecule has 9 heteroatoms. The zero-order chi connectivity index (χ0) is 19.8. The van der Waals surface area contributed by atoms with Gasteiger partial charge in [0.25, 0.3) is 0 Å². The first-order valence-electron chi connectivity index (χ1n) is 7.61. The molecular formula is C18H12ClF3INO2S. The molecular weight excluding hydrogens is 514 g/mol. The average molecular weight is 526 g/mol. The number of hydrogen-bond acceptors (Lipinski definition) is 3. The van der Waals surface area contributed by atoms with Crippen molar-refractivity contribution in [2.75, 3.05) is 7.11 Å². The molecule has 142 valence electrons. The Labute approximate surface area is 174 Å². The molecule has 0 spiro atoms. The summed E-state index contributed by atoms with van der Waals surface area (Å²) in [6.45, 7) is 0. The lowest BCUT2D eigenvalue weighted by Gasteiger charge is -2.09. The van der Waals surface area contributed by atoms with Gasteiger partial charge in [-0.05, 0) is 30.3 Å². The van der Waals surface area contributed by atoms with Gasteiger partial charge in [-0.2, -0.15) is 13.2 Å². The Balaban J connectivity index is 2.06. The van der Waals surface area contributed by atoms with E-state index in [0.29, 0.717) is 21.9 Å². The van der Waals surface area contributed by atoms with Gasteiger partial charge in [0, 0.05) is 64.5 Å². The molecule has 0 bridgehead atoms. The Morgan fingerprint density at radius 3 is 2.63 bits per heavy atom. The van der Waals surface area contributed by atoms with Crippen molar-refractivity contribution in [2.45, 2.75) is 12.6 Å². The zero-order valence-electron chi connectivity index (χ0n) is 13.8. The summed E-state index contributed by atoms with van der Waals surface area (Å²) < 4.78 is 46.2. The second-order valence-electron chi connectivity index (χ2n) is 5.72. The average Bonchev–Trinajstić information content (AvgIpc) is 3.00. The fraction of sp³-hybridized carbons (Fsp3) is 0.167. The summed E-state index contributed by atoms with van der Waals surface area (Å²) in [6.07, 6.45) is -2.93. The van der Waals surface area contributed by atoms with Crippen molar-refractivity contribution in [1.82, 2.24) is 3.97 Å². The van der Waals surface area contributed by atoms with Crippen molar-refractivity contribution >= 4 is 58.6 Å². The standard InChI is InChI=1S/C18H12ClF3INO2S/c1-26-17-8-12(19)4-2-10(17)6-16(25)14-9-24(27-23)15-5-3-11(7-13(14)15)18(20,21)22/h2-5,7-9H,6H2,1H3. The predicted molar refractivity (Wildman–Crippen MR) is 110 cm³/mol. The fourth-order valence-corrected chi connectivity index (χ4v) is 4.31. The molecule has 0 fully saturated rings. The molecule has 0 saturated carbocycles. The molecule has 1 heterocycles. The maximum atomic E-state index is 13.1. The molecule has 1 aromatic heterocycles. The SMILES string of the molecule is COc1cc(Cl)ccc1CC(=O)c1cn(SI)c2ccc(C(F)(F)F)cc12. The minimum absolute atomic E-state index is 0.0123. The minimum atomic E-state index is -4.48. The predicted octanol–water partition coefficient (Wildman–Crippen LogP) is 6.59. The van der Waals surface area contributed by atoms with Crippen LogP contribution in [0.15, 0.2) is 42.6 Å². The number of ether oxygens (including phenoxy) is 1. The van der Waals surface area contributed by atoms with Gasteiger partial charge in [-0.1, -0.05) is 17.7 Å². The van der Waals surface area contributed by atoms with E-state index in [1.54, 1.807) is 28.4 Å². The maximum absolute atomic E-state index is 13.1. The summed E-state index contributed by atoms with van der Waals surface area (Å²) in [5.74, 6) is 0.156. The van der Waals surface area contributed by atoms with Crippen LogP contribution >= 0.6 is 41.9 Å². The van der Waals surface area contributed by atoms with Crippen LogP contribution in [0.4, 0.5) is 13.2 Å². The van der Waals surface area contributed by atoms with Crippen molar-refractivity contribution in [3.8, 4) is 5.75 Å². The zero-order valence-corrected chi connectivity index (χ0v) is 17.5. The molecule has 0 unspecified atom stereocenters. The minimum Gasteiger partial charge on any atom is -0.496 e. The third-order valence-corrected chi connectivity index (χ3v) is 6.03. The Bertz CT molecular complexity index is 1020. The Morgan fingerprint density at radius 2 is 2.00 bits per heavy atom. The van der Waals surface area contributed by atoms with Gasteiger partial charge < -0.3 is 4.74 Å². The van der Waals surface area contributed by atoms with Crippen molar-refractivity contribution in [3.05, 3.63) is 64.3 Å². The summed E-state index contributed by atoms with van der Waals surface area (Å²) in [5.41, 5.74) is 0.609. The van der Waals surface area contributed by atoms with Crippen LogP contribution in [0.25, 0.3) is 10.9 Å². The molecule has 27 heavy (non-hydrogen) atoms. The quantitative estimate of drug-likeness (QED) is 0.278. The summed E-state index contributed by atoms with van der Waals surface area (Å²) in [4.78, 5) is 12.9. The summed E-state index contributed by atoms with van der Waals surface area (Å²) in [6, 6.07) is 8.32. The van der Waals surface area contributed by atoms with Crippen LogP contribution in [-0.2, 0) is 12.6 Å². The van der Waals surface area contributed by atoms with Gasteiger partial charge in [0.05, 0.1) is 18.2 Å². The van der Waals surface area contributed by atoms with Gasteiger partial charge in [0.2, 0.25) is 0 Å². The van der Waals surface area contributed by atoms with Gasteiger partial charge in [0.1, 0.15) is 5.75 Å².